The second-order valence-corrected chi connectivity index (χ2v) is 8.55. The van der Waals surface area contributed by atoms with E-state index in [-0.39, 0.29) is 0 Å². The highest BCUT2D eigenvalue weighted by molar-refractivity contribution is 7.88. The van der Waals surface area contributed by atoms with Gasteiger partial charge in [0.25, 0.3) is 0 Å². The Balaban J connectivity index is 1.93. The quantitative estimate of drug-likeness (QED) is 0.769. The number of ketones is 2. The fourth-order valence-corrected chi connectivity index (χ4v) is 4.69. The lowest BCUT2D eigenvalue weighted by Gasteiger charge is -2.32. The van der Waals surface area contributed by atoms with E-state index in [1.165, 1.54) is 16.6 Å². The van der Waals surface area contributed by atoms with E-state index in [1.807, 2.05) is 60.7 Å². The molecule has 2 aromatic carbocycles. The maximum absolute atomic E-state index is 12.8. The molecule has 6 heteroatoms. The van der Waals surface area contributed by atoms with Crippen LogP contribution in [0.2, 0.25) is 0 Å². The van der Waals surface area contributed by atoms with Crippen molar-refractivity contribution >= 4 is 32.7 Å². The van der Waals surface area contributed by atoms with E-state index in [1.54, 1.807) is 0 Å². The molecule has 5 nitrogen and oxygen atoms in total. The molecular weight excluding hydrogens is 362 g/mol. The third kappa shape index (κ3) is 2.92. The lowest BCUT2D eigenvalue weighted by molar-refractivity contribution is -0.135. The van der Waals surface area contributed by atoms with Crippen molar-refractivity contribution in [2.45, 2.75) is 6.04 Å². The maximum atomic E-state index is 12.8. The number of fused-ring (bicyclic) bond motifs is 1. The Bertz CT molecular complexity index is 1090. The molecule has 0 aromatic heterocycles. The van der Waals surface area contributed by atoms with Gasteiger partial charge in [0, 0.05) is 6.20 Å². The number of benzene rings is 2. The number of hydrogen-bond donors (Lipinski definition) is 0. The monoisotopic (exact) mass is 379 g/mol. The highest BCUT2D eigenvalue weighted by Crippen LogP contribution is 2.45. The topological polar surface area (TPSA) is 71.5 Å². The fourth-order valence-electron chi connectivity index (χ4n) is 3.74. The SMILES string of the molecule is CS(=O)(=O)N1C=C(c2ccccc2)C2C(=O)C(=O)C=C(c3ccccc3)C21. The Morgan fingerprint density at radius 1 is 0.815 bits per heavy atom. The molecule has 4 rings (SSSR count). The van der Waals surface area contributed by atoms with Crippen LogP contribution < -0.4 is 0 Å². The van der Waals surface area contributed by atoms with Crippen molar-refractivity contribution in [1.29, 1.82) is 0 Å². The molecule has 2 aliphatic rings. The van der Waals surface area contributed by atoms with Crippen LogP contribution in [0.1, 0.15) is 11.1 Å². The first-order valence-corrected chi connectivity index (χ1v) is 10.3. The predicted octanol–water partition coefficient (Wildman–Crippen LogP) is 2.52. The van der Waals surface area contributed by atoms with Crippen molar-refractivity contribution in [1.82, 2.24) is 4.31 Å². The van der Waals surface area contributed by atoms with Gasteiger partial charge in [-0.15, -0.1) is 0 Å². The number of carbonyl (C=O) groups excluding carboxylic acids is 2. The molecule has 1 heterocycles. The van der Waals surface area contributed by atoms with E-state index >= 15 is 0 Å². The highest BCUT2D eigenvalue weighted by atomic mass is 32.2. The zero-order chi connectivity index (χ0) is 19.2. The van der Waals surface area contributed by atoms with Crippen LogP contribution in [0.15, 0.2) is 72.9 Å². The van der Waals surface area contributed by atoms with Crippen LogP contribution in [0, 0.1) is 5.92 Å². The average molecular weight is 379 g/mol. The Morgan fingerprint density at radius 3 is 1.85 bits per heavy atom. The van der Waals surface area contributed by atoms with Crippen molar-refractivity contribution < 1.29 is 18.0 Å². The minimum absolute atomic E-state index is 0.540. The van der Waals surface area contributed by atoms with Crippen molar-refractivity contribution in [3.8, 4) is 0 Å². The van der Waals surface area contributed by atoms with Crippen molar-refractivity contribution in [3.05, 3.63) is 84.1 Å². The molecule has 0 saturated heterocycles. The number of carbonyl (C=O) groups is 2. The Labute approximate surface area is 157 Å². The highest BCUT2D eigenvalue weighted by Gasteiger charge is 2.49. The summed E-state index contributed by atoms with van der Waals surface area (Å²) in [5, 5.41) is 0. The first kappa shape index (κ1) is 17.4. The number of nitrogens with zero attached hydrogens (tertiary/aromatic N) is 1. The molecule has 2 aromatic rings. The molecule has 136 valence electrons. The van der Waals surface area contributed by atoms with Gasteiger partial charge in [-0.3, -0.25) is 13.9 Å². The number of allylic oxidation sites excluding steroid dienone is 1. The van der Waals surface area contributed by atoms with Gasteiger partial charge in [0.05, 0.1) is 18.2 Å². The summed E-state index contributed by atoms with van der Waals surface area (Å²) in [6.45, 7) is 0. The van der Waals surface area contributed by atoms with Crippen molar-refractivity contribution in [2.75, 3.05) is 6.26 Å². The zero-order valence-electron chi connectivity index (χ0n) is 14.6. The lowest BCUT2D eigenvalue weighted by Crippen LogP contribution is -2.44. The van der Waals surface area contributed by atoms with Crippen LogP contribution >= 0.6 is 0 Å². The van der Waals surface area contributed by atoms with Gasteiger partial charge < -0.3 is 0 Å². The molecule has 0 bridgehead atoms. The van der Waals surface area contributed by atoms with Gasteiger partial charge in [-0.1, -0.05) is 60.7 Å². The van der Waals surface area contributed by atoms with Gasteiger partial charge in [-0.25, -0.2) is 8.42 Å². The molecule has 1 aliphatic heterocycles. The van der Waals surface area contributed by atoms with E-state index in [2.05, 4.69) is 0 Å². The van der Waals surface area contributed by atoms with Gasteiger partial charge in [-0.2, -0.15) is 0 Å². The normalized spacial score (nSPS) is 22.3. The summed E-state index contributed by atoms with van der Waals surface area (Å²) in [6.07, 6.45) is 3.88. The van der Waals surface area contributed by atoms with Crippen LogP contribution in [0.3, 0.4) is 0 Å². The molecule has 0 N–H and O–H groups in total. The third-order valence-corrected chi connectivity index (χ3v) is 6.02. The van der Waals surface area contributed by atoms with Crippen LogP contribution in [0.4, 0.5) is 0 Å². The average Bonchev–Trinajstić information content (AvgIpc) is 3.07. The minimum Gasteiger partial charge on any atom is -0.290 e. The Hall–Kier alpha value is -2.99. The van der Waals surface area contributed by atoms with E-state index < -0.39 is 33.5 Å². The fraction of sp³-hybridized carbons (Fsp3) is 0.143. The lowest BCUT2D eigenvalue weighted by atomic mass is 9.76. The molecule has 1 aliphatic carbocycles. The largest absolute Gasteiger partial charge is 0.290 e. The Kier molecular flexibility index (Phi) is 4.08. The molecule has 0 spiro atoms. The number of sulfonamides is 1. The molecule has 0 saturated carbocycles. The summed E-state index contributed by atoms with van der Waals surface area (Å²) in [7, 11) is -3.64. The molecule has 0 amide bonds. The minimum atomic E-state index is -3.64. The van der Waals surface area contributed by atoms with E-state index in [0.29, 0.717) is 11.1 Å². The van der Waals surface area contributed by atoms with E-state index in [0.717, 1.165) is 17.4 Å². The van der Waals surface area contributed by atoms with Crippen LogP contribution in [0.25, 0.3) is 11.1 Å². The molecular formula is C21H17NO4S. The number of Topliss-reactive ketones (excluding diaryl/α,β-unsaturated/α-hetero) is 1. The van der Waals surface area contributed by atoms with Crippen molar-refractivity contribution in [2.24, 2.45) is 5.92 Å². The van der Waals surface area contributed by atoms with Gasteiger partial charge in [0.1, 0.15) is 0 Å². The molecule has 0 fully saturated rings. The first-order chi connectivity index (χ1) is 12.9. The summed E-state index contributed by atoms with van der Waals surface area (Å²) in [6, 6.07) is 17.4. The van der Waals surface area contributed by atoms with Gasteiger partial charge in [-0.05, 0) is 28.3 Å². The molecule has 27 heavy (non-hydrogen) atoms. The van der Waals surface area contributed by atoms with Crippen LogP contribution in [-0.2, 0) is 19.6 Å². The van der Waals surface area contributed by atoms with Crippen molar-refractivity contribution in [3.63, 3.8) is 0 Å². The maximum Gasteiger partial charge on any atom is 0.232 e. The predicted molar refractivity (Wildman–Crippen MR) is 103 cm³/mol. The smallest absolute Gasteiger partial charge is 0.232 e. The summed E-state index contributed by atoms with van der Waals surface area (Å²) in [5.41, 5.74) is 2.54. The third-order valence-electron chi connectivity index (χ3n) is 4.92. The number of hydrogen-bond acceptors (Lipinski definition) is 4. The zero-order valence-corrected chi connectivity index (χ0v) is 15.4. The Morgan fingerprint density at radius 2 is 1.33 bits per heavy atom. The van der Waals surface area contributed by atoms with E-state index in [9.17, 15) is 18.0 Å². The van der Waals surface area contributed by atoms with Crippen LogP contribution in [-0.4, -0.2) is 36.6 Å². The second kappa shape index (κ2) is 6.32. The summed E-state index contributed by atoms with van der Waals surface area (Å²) >= 11 is 0. The van der Waals surface area contributed by atoms with Gasteiger partial charge >= 0.3 is 0 Å². The van der Waals surface area contributed by atoms with Crippen LogP contribution in [0.5, 0.6) is 0 Å². The first-order valence-electron chi connectivity index (χ1n) is 8.49. The standard InChI is InChI=1S/C21H17NO4S/c1-27(25,26)22-13-17(15-10-6-3-7-11-15)19-20(22)16(12-18(23)21(19)24)14-8-4-2-5-9-14/h2-13,19-20H,1H3. The molecule has 2 atom stereocenters. The van der Waals surface area contributed by atoms with Gasteiger partial charge in [0.2, 0.25) is 21.6 Å². The molecule has 0 radical (unpaired) electrons. The van der Waals surface area contributed by atoms with Gasteiger partial charge in [0.15, 0.2) is 0 Å². The molecule has 2 unspecified atom stereocenters. The summed E-state index contributed by atoms with van der Waals surface area (Å²) < 4.78 is 26.2. The summed E-state index contributed by atoms with van der Waals surface area (Å²) in [4.78, 5) is 25.2. The summed E-state index contributed by atoms with van der Waals surface area (Å²) in [5.74, 6) is -2.04. The number of rotatable bonds is 3. The second-order valence-electron chi connectivity index (χ2n) is 6.66. The van der Waals surface area contributed by atoms with E-state index in [4.69, 9.17) is 0 Å².